The highest BCUT2D eigenvalue weighted by Crippen LogP contribution is 2.34. The predicted octanol–water partition coefficient (Wildman–Crippen LogP) is 4.47. The Morgan fingerprint density at radius 2 is 1.91 bits per heavy atom. The topological polar surface area (TPSA) is 102 Å². The van der Waals surface area contributed by atoms with Crippen LogP contribution in [0.5, 0.6) is 5.75 Å². The molecule has 8 nitrogen and oxygen atoms in total. The molecule has 1 aliphatic carbocycles. The molecule has 1 amide bonds. The molecule has 2 N–H and O–H groups in total. The van der Waals surface area contributed by atoms with Gasteiger partial charge < -0.3 is 15.2 Å². The summed E-state index contributed by atoms with van der Waals surface area (Å²) < 4.78 is 34.4. The van der Waals surface area contributed by atoms with Crippen LogP contribution in [-0.4, -0.2) is 43.6 Å². The quantitative estimate of drug-likeness (QED) is 0.523. The van der Waals surface area contributed by atoms with E-state index in [2.05, 4.69) is 20.4 Å². The van der Waals surface area contributed by atoms with E-state index < -0.39 is 17.7 Å². The Hall–Kier alpha value is -3.27. The zero-order chi connectivity index (χ0) is 22.7. The van der Waals surface area contributed by atoms with E-state index in [1.54, 1.807) is 6.20 Å². The number of amides is 1. The lowest BCUT2D eigenvalue weighted by molar-refractivity contribution is 0.169. The molecular formula is C21H20ClF2N5O3. The molecule has 0 atom stereocenters. The maximum Gasteiger partial charge on any atom is 0.404 e. The third-order valence-electron chi connectivity index (χ3n) is 5.37. The molecule has 2 aromatic heterocycles. The molecule has 0 saturated heterocycles. The Balaban J connectivity index is 1.48. The number of nitrogens with one attached hydrogen (secondary N) is 1. The summed E-state index contributed by atoms with van der Waals surface area (Å²) in [6, 6.07) is 3.08. The Kier molecular flexibility index (Phi) is 6.50. The third-order valence-corrected chi connectivity index (χ3v) is 5.64. The van der Waals surface area contributed by atoms with E-state index in [-0.39, 0.29) is 22.8 Å². The summed E-state index contributed by atoms with van der Waals surface area (Å²) in [5, 5.41) is 15.7. The normalized spacial score (nSPS) is 18.3. The highest BCUT2D eigenvalue weighted by Gasteiger charge is 2.24. The minimum atomic E-state index is -1.01. The van der Waals surface area contributed by atoms with Crippen LogP contribution in [0.1, 0.15) is 25.7 Å². The van der Waals surface area contributed by atoms with Gasteiger partial charge >= 0.3 is 6.09 Å². The number of rotatable bonds is 6. The first-order chi connectivity index (χ1) is 15.4. The first kappa shape index (κ1) is 21.9. The number of carboxylic acid groups (broad SMARTS) is 1. The molecule has 0 spiro atoms. The van der Waals surface area contributed by atoms with Crippen LogP contribution >= 0.6 is 11.6 Å². The number of halogens is 3. The standard InChI is InChI=1S/C21H20ClF2N5O3/c22-20-19(32-10-12-1-3-16(4-2-12)28-21(30)31)18(25-11-26-20)13-8-27-29(9-13)17-6-14(23)5-15(24)7-17/h5-9,11-12,16,28H,1-4,10H2,(H,30,31)/t12-,16+. The van der Waals surface area contributed by atoms with Crippen LogP contribution in [0.15, 0.2) is 36.9 Å². The van der Waals surface area contributed by atoms with Crippen LogP contribution in [0.3, 0.4) is 0 Å². The van der Waals surface area contributed by atoms with E-state index in [0.29, 0.717) is 23.6 Å². The average Bonchev–Trinajstić information content (AvgIpc) is 3.23. The van der Waals surface area contributed by atoms with Gasteiger partial charge in [-0.25, -0.2) is 28.2 Å². The van der Waals surface area contributed by atoms with Crippen molar-refractivity contribution in [2.45, 2.75) is 31.7 Å². The molecular weight excluding hydrogens is 444 g/mol. The molecule has 32 heavy (non-hydrogen) atoms. The van der Waals surface area contributed by atoms with Crippen LogP contribution in [-0.2, 0) is 0 Å². The van der Waals surface area contributed by atoms with Crippen LogP contribution in [0.25, 0.3) is 16.9 Å². The van der Waals surface area contributed by atoms with Crippen LogP contribution in [0.4, 0.5) is 13.6 Å². The molecule has 4 rings (SSSR count). The Labute approximate surface area is 187 Å². The SMILES string of the molecule is O=C(O)N[C@H]1CC[C@@H](COc2c(Cl)ncnc2-c2cnn(-c3cc(F)cc(F)c3)c2)CC1. The molecule has 168 valence electrons. The molecule has 1 aromatic carbocycles. The fraction of sp³-hybridized carbons (Fsp3) is 0.333. The Bertz CT molecular complexity index is 1100. The van der Waals surface area contributed by atoms with E-state index in [9.17, 15) is 13.6 Å². The van der Waals surface area contributed by atoms with Crippen molar-refractivity contribution in [2.75, 3.05) is 6.61 Å². The van der Waals surface area contributed by atoms with Crippen LogP contribution in [0.2, 0.25) is 5.15 Å². The zero-order valence-corrected chi connectivity index (χ0v) is 17.6. The smallest absolute Gasteiger partial charge is 0.404 e. The van der Waals surface area contributed by atoms with Crippen molar-refractivity contribution in [2.24, 2.45) is 5.92 Å². The number of hydrogen-bond acceptors (Lipinski definition) is 5. The van der Waals surface area contributed by atoms with Gasteiger partial charge in [0.15, 0.2) is 10.9 Å². The fourth-order valence-corrected chi connectivity index (χ4v) is 3.98. The molecule has 2 heterocycles. The third kappa shape index (κ3) is 5.13. The summed E-state index contributed by atoms with van der Waals surface area (Å²) in [6.07, 6.45) is 6.46. The fourth-order valence-electron chi connectivity index (χ4n) is 3.79. The van der Waals surface area contributed by atoms with Crippen molar-refractivity contribution in [3.63, 3.8) is 0 Å². The van der Waals surface area contributed by atoms with Gasteiger partial charge in [0.05, 0.1) is 18.5 Å². The van der Waals surface area contributed by atoms with Gasteiger partial charge in [-0.3, -0.25) is 0 Å². The van der Waals surface area contributed by atoms with E-state index in [1.165, 1.54) is 29.3 Å². The van der Waals surface area contributed by atoms with Gasteiger partial charge in [-0.1, -0.05) is 11.6 Å². The van der Waals surface area contributed by atoms with Gasteiger partial charge in [-0.2, -0.15) is 5.10 Å². The average molecular weight is 464 g/mol. The van der Waals surface area contributed by atoms with E-state index in [1.807, 2.05) is 0 Å². The summed E-state index contributed by atoms with van der Waals surface area (Å²) in [4.78, 5) is 19.0. The maximum atomic E-state index is 13.6. The second kappa shape index (κ2) is 9.47. The summed E-state index contributed by atoms with van der Waals surface area (Å²) in [5.74, 6) is -0.882. The highest BCUT2D eigenvalue weighted by molar-refractivity contribution is 6.31. The van der Waals surface area contributed by atoms with Gasteiger partial charge in [0.2, 0.25) is 0 Å². The first-order valence-electron chi connectivity index (χ1n) is 10.0. The number of aromatic nitrogens is 4. The van der Waals surface area contributed by atoms with Crippen molar-refractivity contribution >= 4 is 17.7 Å². The number of carbonyl (C=O) groups is 1. The van der Waals surface area contributed by atoms with Gasteiger partial charge in [-0.05, 0) is 43.7 Å². The first-order valence-corrected chi connectivity index (χ1v) is 10.4. The lowest BCUT2D eigenvalue weighted by atomic mass is 9.86. The van der Waals surface area contributed by atoms with Gasteiger partial charge in [0, 0.05) is 23.9 Å². The monoisotopic (exact) mass is 463 g/mol. The molecule has 0 unspecified atom stereocenters. The number of nitrogens with zero attached hydrogens (tertiary/aromatic N) is 4. The Morgan fingerprint density at radius 3 is 2.59 bits per heavy atom. The number of ether oxygens (including phenoxy) is 1. The molecule has 1 fully saturated rings. The van der Waals surface area contributed by atoms with Gasteiger partial charge in [0.25, 0.3) is 0 Å². The second-order valence-electron chi connectivity index (χ2n) is 7.62. The van der Waals surface area contributed by atoms with Gasteiger partial charge in [0.1, 0.15) is 23.7 Å². The van der Waals surface area contributed by atoms with Crippen LogP contribution in [0, 0.1) is 17.6 Å². The van der Waals surface area contributed by atoms with Crippen molar-refractivity contribution in [1.82, 2.24) is 25.1 Å². The lowest BCUT2D eigenvalue weighted by Crippen LogP contribution is -2.37. The van der Waals surface area contributed by atoms with Crippen molar-refractivity contribution < 1.29 is 23.4 Å². The second-order valence-corrected chi connectivity index (χ2v) is 7.98. The number of benzene rings is 1. The largest absolute Gasteiger partial charge is 0.488 e. The number of hydrogen-bond donors (Lipinski definition) is 2. The summed E-state index contributed by atoms with van der Waals surface area (Å²) in [7, 11) is 0. The van der Waals surface area contributed by atoms with Crippen molar-refractivity contribution in [3.05, 3.63) is 53.7 Å². The highest BCUT2D eigenvalue weighted by atomic mass is 35.5. The predicted molar refractivity (Wildman–Crippen MR) is 112 cm³/mol. The van der Waals surface area contributed by atoms with Gasteiger partial charge in [-0.15, -0.1) is 0 Å². The summed E-state index contributed by atoms with van der Waals surface area (Å²) in [6.45, 7) is 0.378. The maximum absolute atomic E-state index is 13.6. The van der Waals surface area contributed by atoms with Crippen molar-refractivity contribution in [1.29, 1.82) is 0 Å². The molecule has 0 bridgehead atoms. The molecule has 1 aliphatic rings. The molecule has 0 radical (unpaired) electrons. The summed E-state index contributed by atoms with van der Waals surface area (Å²) in [5.41, 5.74) is 1.18. The lowest BCUT2D eigenvalue weighted by Gasteiger charge is -2.28. The van der Waals surface area contributed by atoms with E-state index in [4.69, 9.17) is 21.4 Å². The molecule has 3 aromatic rings. The van der Waals surface area contributed by atoms with Crippen molar-refractivity contribution in [3.8, 4) is 22.7 Å². The van der Waals surface area contributed by atoms with Crippen LogP contribution < -0.4 is 10.1 Å². The minimum Gasteiger partial charge on any atom is -0.488 e. The van der Waals surface area contributed by atoms with E-state index >= 15 is 0 Å². The van der Waals surface area contributed by atoms with E-state index in [0.717, 1.165) is 31.7 Å². The minimum absolute atomic E-state index is 0.0403. The Morgan fingerprint density at radius 1 is 1.19 bits per heavy atom. The summed E-state index contributed by atoms with van der Waals surface area (Å²) >= 11 is 6.27. The zero-order valence-electron chi connectivity index (χ0n) is 16.8. The molecule has 1 saturated carbocycles. The molecule has 0 aliphatic heterocycles. The molecule has 11 heteroatoms.